The molecule has 0 amide bonds. The van der Waals surface area contributed by atoms with Gasteiger partial charge in [0.25, 0.3) is 0 Å². The topological polar surface area (TPSA) is 50.9 Å². The molecule has 2 aromatic heterocycles. The molecule has 9 rings (SSSR count). The minimum absolute atomic E-state index is 0. The molecular formula is C63H62N3OPt-. The van der Waals surface area contributed by atoms with Crippen LogP contribution in [0.15, 0.2) is 152 Å². The molecule has 0 aliphatic carbocycles. The second-order valence-corrected chi connectivity index (χ2v) is 19.4. The summed E-state index contributed by atoms with van der Waals surface area (Å²) in [4.78, 5) is 10.0. The van der Waals surface area contributed by atoms with Gasteiger partial charge in [0.1, 0.15) is 11.6 Å². The zero-order valence-corrected chi connectivity index (χ0v) is 41.5. The quantitative estimate of drug-likeness (QED) is 0.162. The van der Waals surface area contributed by atoms with Gasteiger partial charge < -0.3 is 5.11 Å². The van der Waals surface area contributed by atoms with E-state index in [1.54, 1.807) is 17.6 Å². The third kappa shape index (κ3) is 9.29. The minimum Gasteiger partial charge on any atom is -0.507 e. The fraction of sp³-hybridized carbons (Fsp3) is 0.238. The maximum Gasteiger partial charge on any atom is 0.148 e. The van der Waals surface area contributed by atoms with E-state index in [1.165, 1.54) is 18.3 Å². The smallest absolute Gasteiger partial charge is 0.148 e. The van der Waals surface area contributed by atoms with Gasteiger partial charge in [-0.2, -0.15) is 0 Å². The Morgan fingerprint density at radius 2 is 1.32 bits per heavy atom. The molecule has 0 aliphatic heterocycles. The average molecular weight is 1090 g/mol. The summed E-state index contributed by atoms with van der Waals surface area (Å²) in [6.07, 6.45) is 1.38. The Balaban J connectivity index is 0.00000920. The number of aromatic nitrogens is 3. The van der Waals surface area contributed by atoms with Gasteiger partial charge in [0.15, 0.2) is 0 Å². The third-order valence-corrected chi connectivity index (χ3v) is 12.2. The minimum atomic E-state index is -3.84. The van der Waals surface area contributed by atoms with Gasteiger partial charge >= 0.3 is 0 Å². The van der Waals surface area contributed by atoms with Crippen molar-refractivity contribution < 1.29 is 48.1 Å². The zero-order valence-electron chi connectivity index (χ0n) is 55.2. The van der Waals surface area contributed by atoms with E-state index in [4.69, 9.17) is 22.8 Å². The molecule has 0 fully saturated rings. The number of rotatable bonds is 7. The maximum atomic E-state index is 11.9. The van der Waals surface area contributed by atoms with Gasteiger partial charge in [-0.15, -0.1) is 29.3 Å². The molecule has 0 radical (unpaired) electrons. The van der Waals surface area contributed by atoms with E-state index in [1.807, 2.05) is 125 Å². The molecule has 346 valence electrons. The van der Waals surface area contributed by atoms with Gasteiger partial charge in [0.2, 0.25) is 0 Å². The Morgan fingerprint density at radius 3 is 2.03 bits per heavy atom. The summed E-state index contributed by atoms with van der Waals surface area (Å²) in [6, 6.07) is 37.1. The van der Waals surface area contributed by atoms with Crippen molar-refractivity contribution in [3.05, 3.63) is 191 Å². The molecule has 7 aromatic carbocycles. The van der Waals surface area contributed by atoms with Crippen LogP contribution in [0.1, 0.15) is 117 Å². The van der Waals surface area contributed by atoms with Gasteiger partial charge in [-0.25, -0.2) is 4.98 Å². The molecule has 68 heavy (non-hydrogen) atoms. The number of imidazole rings is 1. The van der Waals surface area contributed by atoms with Crippen molar-refractivity contribution in [2.75, 3.05) is 0 Å². The van der Waals surface area contributed by atoms with Crippen LogP contribution in [0.3, 0.4) is 0 Å². The number of benzene rings is 7. The van der Waals surface area contributed by atoms with E-state index >= 15 is 0 Å². The first-order chi connectivity index (χ1) is 38.4. The summed E-state index contributed by atoms with van der Waals surface area (Å²) in [5, 5.41) is 11.9. The number of aromatic hydroxyl groups is 1. The molecule has 0 aliphatic rings. The fourth-order valence-electron chi connectivity index (χ4n) is 8.77. The summed E-state index contributed by atoms with van der Waals surface area (Å²) in [7, 11) is 0. The van der Waals surface area contributed by atoms with Crippen LogP contribution in [0, 0.1) is 26.8 Å². The molecule has 4 nitrogen and oxygen atoms in total. The zero-order chi connectivity index (χ0) is 61.1. The number of hydrogen-bond donors (Lipinski definition) is 1. The molecule has 0 saturated carbocycles. The summed E-state index contributed by atoms with van der Waals surface area (Å²) in [5.41, 5.74) is 4.05. The van der Waals surface area contributed by atoms with Crippen molar-refractivity contribution >= 4 is 11.0 Å². The molecule has 0 saturated heterocycles. The van der Waals surface area contributed by atoms with Crippen LogP contribution < -0.4 is 0 Å². The van der Waals surface area contributed by atoms with Crippen LogP contribution in [-0.4, -0.2) is 19.6 Å². The molecule has 1 N–H and O–H groups in total. The maximum absolute atomic E-state index is 11.9. The Bertz CT molecular complexity index is 3970. The first kappa shape index (κ1) is 31.6. The van der Waals surface area contributed by atoms with Gasteiger partial charge in [0, 0.05) is 49.4 Å². The first-order valence-corrected chi connectivity index (χ1v) is 22.2. The summed E-state index contributed by atoms with van der Waals surface area (Å²) >= 11 is 0. The van der Waals surface area contributed by atoms with E-state index in [9.17, 15) is 9.22 Å². The van der Waals surface area contributed by atoms with Gasteiger partial charge in [-0.05, 0) is 128 Å². The second kappa shape index (κ2) is 18.3. The van der Waals surface area contributed by atoms with Crippen LogP contribution in [0.25, 0.3) is 83.9 Å². The summed E-state index contributed by atoms with van der Waals surface area (Å²) in [6.45, 7) is 1.94. The molecular weight excluding hydrogens is 1010 g/mol. The second-order valence-electron chi connectivity index (χ2n) is 19.4. The van der Waals surface area contributed by atoms with Gasteiger partial charge in [-0.1, -0.05) is 176 Å². The monoisotopic (exact) mass is 1090 g/mol. The molecule has 0 unspecified atom stereocenters. The predicted molar refractivity (Wildman–Crippen MR) is 282 cm³/mol. The van der Waals surface area contributed by atoms with Crippen LogP contribution in [0.5, 0.6) is 5.75 Å². The van der Waals surface area contributed by atoms with E-state index < -0.39 is 68.0 Å². The van der Waals surface area contributed by atoms with Crippen LogP contribution in [0.4, 0.5) is 0 Å². The summed E-state index contributed by atoms with van der Waals surface area (Å²) in [5.74, 6) is 0.237. The van der Waals surface area contributed by atoms with Crippen molar-refractivity contribution in [2.45, 2.75) is 99.0 Å². The van der Waals surface area contributed by atoms with Crippen LogP contribution in [-0.2, 0) is 37.3 Å². The largest absolute Gasteiger partial charge is 0.507 e. The summed E-state index contributed by atoms with van der Waals surface area (Å²) < 4.78 is 140. The molecule has 5 heteroatoms. The average Bonchev–Trinajstić information content (AvgIpc) is 0.825. The Labute approximate surface area is 441 Å². The van der Waals surface area contributed by atoms with Crippen molar-refractivity contribution in [3.8, 4) is 78.6 Å². The number of nitrogens with zero attached hydrogens (tertiary/aromatic N) is 3. The Morgan fingerprint density at radius 1 is 0.603 bits per heavy atom. The Kier molecular flexibility index (Phi) is 8.51. The van der Waals surface area contributed by atoms with Gasteiger partial charge in [0.05, 0.1) is 27.8 Å². The van der Waals surface area contributed by atoms with E-state index in [2.05, 4.69) is 37.9 Å². The number of fused-ring (bicyclic) bond motifs is 1. The van der Waals surface area contributed by atoms with Crippen LogP contribution in [0.2, 0.25) is 0 Å². The third-order valence-electron chi connectivity index (χ3n) is 12.2. The van der Waals surface area contributed by atoms with Crippen molar-refractivity contribution in [2.24, 2.45) is 0 Å². The SMILES string of the molecule is [2H]c1c([2H])c(C(C([2H])([2H])[2H])(C([2H])([2H])[2H])C([2H])([2H])[2H])c([2H])c([2H])c1-c1ccnc(-c2[c-]c(-c3cccc4c3nc(-c3cc(C)cc(C)c3O)n4-c3ccc(-c4c(-c5ccccc5)cccc4C(C)(C)C)cc3C([2H])([2H])[2H])cc(C(C)(C)C)c2)c1.[Pt]. The number of para-hydroxylation sites is 1. The first-order valence-electron chi connectivity index (χ1n) is 30.2. The number of hydrogen-bond acceptors (Lipinski definition) is 3. The molecule has 0 bridgehead atoms. The standard InChI is InChI=1S/C63H62N3O.Pt/c1-39-32-41(3)59(67)52(33-39)60-65-58-51(46-35-47(37-49(36-46)62(7,8)9)54-38-44(30-31-64-54)42-24-27-48(28-25-42)61(4,5)6)21-17-23-56(58)66(60)55-29-26-45(34-40(55)2)57-50(43-18-14-13-15-19-43)20-16-22-53(57)63(10,11)12;/h13-34,36-38,67H,1-12H3;/q-1;/i2D3,4D3,5D3,6D3,24D,25D,27D,28D;. The van der Waals surface area contributed by atoms with Crippen molar-refractivity contribution in [3.63, 3.8) is 0 Å². The number of pyridine rings is 1. The number of aryl methyl sites for hydroxylation is 3. The normalized spacial score (nSPS) is 16.2. The van der Waals surface area contributed by atoms with E-state index in [-0.39, 0.29) is 60.4 Å². The number of phenols is 1. The van der Waals surface area contributed by atoms with Crippen molar-refractivity contribution in [1.29, 1.82) is 0 Å². The molecule has 0 atom stereocenters. The Hall–Kier alpha value is -6.35. The fourth-order valence-corrected chi connectivity index (χ4v) is 8.77. The van der Waals surface area contributed by atoms with Gasteiger partial charge in [-0.3, -0.25) is 9.55 Å². The molecule has 2 heterocycles. The number of phenolic OH excluding ortho intramolecular Hbond substituents is 1. The van der Waals surface area contributed by atoms with Crippen LogP contribution >= 0.6 is 0 Å². The van der Waals surface area contributed by atoms with E-state index in [0.717, 1.165) is 33.4 Å². The van der Waals surface area contributed by atoms with E-state index in [0.29, 0.717) is 50.1 Å². The molecule has 9 aromatic rings. The molecule has 0 spiro atoms. The van der Waals surface area contributed by atoms with Crippen molar-refractivity contribution in [1.82, 2.24) is 14.5 Å². The predicted octanol–water partition coefficient (Wildman–Crippen LogP) is 16.7.